The molecular formula is C24H32O15. The van der Waals surface area contributed by atoms with Gasteiger partial charge >= 0.3 is 35.8 Å². The predicted molar refractivity (Wildman–Crippen MR) is 123 cm³/mol. The third kappa shape index (κ3) is 10.3. The van der Waals surface area contributed by atoms with Gasteiger partial charge in [-0.2, -0.15) is 0 Å². The van der Waals surface area contributed by atoms with E-state index in [0.717, 1.165) is 27.7 Å². The quantitative estimate of drug-likeness (QED) is 0.195. The summed E-state index contributed by atoms with van der Waals surface area (Å²) in [5, 5.41) is 0. The van der Waals surface area contributed by atoms with Crippen molar-refractivity contribution in [2.75, 3.05) is 13.2 Å². The molecule has 39 heavy (non-hydrogen) atoms. The summed E-state index contributed by atoms with van der Waals surface area (Å²) >= 11 is 0. The molecule has 2 rings (SSSR count). The zero-order valence-electron chi connectivity index (χ0n) is 22.3. The monoisotopic (exact) mass is 560 g/mol. The lowest BCUT2D eigenvalue weighted by molar-refractivity contribution is -0.323. The second-order valence-electron chi connectivity index (χ2n) is 8.51. The van der Waals surface area contributed by atoms with Gasteiger partial charge in [0.15, 0.2) is 24.6 Å². The number of hydrogen-bond acceptors (Lipinski definition) is 15. The van der Waals surface area contributed by atoms with Gasteiger partial charge in [0.1, 0.15) is 31.5 Å². The van der Waals surface area contributed by atoms with Crippen molar-refractivity contribution in [1.29, 1.82) is 0 Å². The average Bonchev–Trinajstić information content (AvgIpc) is 2.80. The summed E-state index contributed by atoms with van der Waals surface area (Å²) in [6.07, 6.45) is -7.39. The molecule has 8 atom stereocenters. The summed E-state index contributed by atoms with van der Waals surface area (Å²) in [6.45, 7) is 6.00. The Morgan fingerprint density at radius 2 is 1.05 bits per heavy atom. The van der Waals surface area contributed by atoms with Crippen LogP contribution in [0.25, 0.3) is 0 Å². The second-order valence-corrected chi connectivity index (χ2v) is 8.51. The van der Waals surface area contributed by atoms with E-state index in [1.807, 2.05) is 0 Å². The Bertz CT molecular complexity index is 959. The first-order valence-corrected chi connectivity index (χ1v) is 11.9. The van der Waals surface area contributed by atoms with E-state index < -0.39 is 91.6 Å². The van der Waals surface area contributed by atoms with Gasteiger partial charge in [0.2, 0.25) is 6.29 Å². The Labute approximate surface area is 223 Å². The van der Waals surface area contributed by atoms with Crippen LogP contribution in [0, 0.1) is 0 Å². The third-order valence-corrected chi connectivity index (χ3v) is 5.11. The molecule has 15 heteroatoms. The van der Waals surface area contributed by atoms with Gasteiger partial charge < -0.3 is 42.6 Å². The van der Waals surface area contributed by atoms with Crippen molar-refractivity contribution in [3.63, 3.8) is 0 Å². The van der Waals surface area contributed by atoms with Gasteiger partial charge in [-0.1, -0.05) is 6.08 Å². The molecule has 1 fully saturated rings. The Morgan fingerprint density at radius 1 is 0.564 bits per heavy atom. The van der Waals surface area contributed by atoms with Crippen LogP contribution < -0.4 is 0 Å². The highest BCUT2D eigenvalue weighted by molar-refractivity contribution is 5.69. The molecule has 0 N–H and O–H groups in total. The lowest BCUT2D eigenvalue weighted by atomic mass is 9.97. The maximum absolute atomic E-state index is 12.0. The fourth-order valence-corrected chi connectivity index (χ4v) is 3.77. The summed E-state index contributed by atoms with van der Waals surface area (Å²) in [5.74, 6) is -4.32. The van der Waals surface area contributed by atoms with Crippen molar-refractivity contribution in [3.05, 3.63) is 12.2 Å². The number of esters is 6. The molecule has 0 aromatic heterocycles. The molecule has 2 aliphatic rings. The minimum atomic E-state index is -1.51. The molecule has 2 aliphatic heterocycles. The van der Waals surface area contributed by atoms with E-state index in [1.165, 1.54) is 26.0 Å². The van der Waals surface area contributed by atoms with Crippen LogP contribution in [0.5, 0.6) is 0 Å². The minimum absolute atomic E-state index is 0.326. The molecule has 0 aliphatic carbocycles. The van der Waals surface area contributed by atoms with Gasteiger partial charge in [-0.05, 0) is 6.08 Å². The highest BCUT2D eigenvalue weighted by Gasteiger charge is 2.53. The van der Waals surface area contributed by atoms with E-state index in [0.29, 0.717) is 0 Å². The molecular weight excluding hydrogens is 528 g/mol. The molecule has 0 aromatic rings. The average molecular weight is 561 g/mol. The zero-order chi connectivity index (χ0) is 29.3. The minimum Gasteiger partial charge on any atom is -0.463 e. The van der Waals surface area contributed by atoms with Gasteiger partial charge in [0.05, 0.1) is 0 Å². The predicted octanol–water partition coefficient (Wildman–Crippen LogP) is -0.138. The summed E-state index contributed by atoms with van der Waals surface area (Å²) in [5.41, 5.74) is 0. The van der Waals surface area contributed by atoms with E-state index in [-0.39, 0.29) is 6.61 Å². The lowest BCUT2D eigenvalue weighted by Gasteiger charge is -2.45. The molecule has 0 amide bonds. The standard InChI is InChI=1S/C24H32O15/c1-11(25)31-9-18-17(7-8-20(37-18)33-13(3)27)38-24-23(36-16(6)30)22(35-15(5)29)21(34-14(4)28)19(39-24)10-32-12(2)26/h7-8,17-24H,9-10H2,1-6H3/t17-,18+,19+,20-,21+,22-,23+,24-/m0/s1. The molecule has 0 saturated carbocycles. The maximum Gasteiger partial charge on any atom is 0.305 e. The molecule has 0 bridgehead atoms. The van der Waals surface area contributed by atoms with E-state index >= 15 is 0 Å². The molecule has 0 spiro atoms. The van der Waals surface area contributed by atoms with Gasteiger partial charge in [0.25, 0.3) is 0 Å². The molecule has 1 saturated heterocycles. The molecule has 0 radical (unpaired) electrons. The first-order valence-electron chi connectivity index (χ1n) is 11.9. The van der Waals surface area contributed by atoms with E-state index in [9.17, 15) is 28.8 Å². The summed E-state index contributed by atoms with van der Waals surface area (Å²) in [7, 11) is 0. The van der Waals surface area contributed by atoms with Crippen molar-refractivity contribution in [2.24, 2.45) is 0 Å². The number of carbonyl (C=O) groups excluding carboxylic acids is 6. The van der Waals surface area contributed by atoms with E-state index in [1.54, 1.807) is 0 Å². The Balaban J connectivity index is 2.45. The number of rotatable bonds is 10. The molecule has 0 unspecified atom stereocenters. The van der Waals surface area contributed by atoms with Gasteiger partial charge in [-0.15, -0.1) is 0 Å². The number of carbonyl (C=O) groups is 6. The van der Waals surface area contributed by atoms with Crippen LogP contribution in [0.1, 0.15) is 41.5 Å². The number of ether oxygens (including phenoxy) is 9. The van der Waals surface area contributed by atoms with Crippen molar-refractivity contribution < 1.29 is 71.4 Å². The van der Waals surface area contributed by atoms with Crippen LogP contribution in [-0.4, -0.2) is 98.2 Å². The molecule has 0 aromatic carbocycles. The lowest BCUT2D eigenvalue weighted by Crippen LogP contribution is -2.63. The van der Waals surface area contributed by atoms with E-state index in [2.05, 4.69) is 0 Å². The second kappa shape index (κ2) is 14.6. The van der Waals surface area contributed by atoms with Gasteiger partial charge in [-0.3, -0.25) is 28.8 Å². The van der Waals surface area contributed by atoms with Crippen molar-refractivity contribution in [2.45, 2.75) is 90.7 Å². The fourth-order valence-electron chi connectivity index (χ4n) is 3.77. The van der Waals surface area contributed by atoms with Gasteiger partial charge in [0, 0.05) is 41.5 Å². The smallest absolute Gasteiger partial charge is 0.305 e. The van der Waals surface area contributed by atoms with Gasteiger partial charge in [-0.25, -0.2) is 0 Å². The maximum atomic E-state index is 12.0. The van der Waals surface area contributed by atoms with Crippen LogP contribution >= 0.6 is 0 Å². The highest BCUT2D eigenvalue weighted by Crippen LogP contribution is 2.32. The highest BCUT2D eigenvalue weighted by atomic mass is 16.8. The molecule has 218 valence electrons. The molecule has 2 heterocycles. The normalized spacial score (nSPS) is 29.9. The largest absolute Gasteiger partial charge is 0.463 e. The van der Waals surface area contributed by atoms with Crippen LogP contribution in [0.3, 0.4) is 0 Å². The van der Waals surface area contributed by atoms with Crippen molar-refractivity contribution >= 4 is 35.8 Å². The first-order chi connectivity index (χ1) is 18.3. The zero-order valence-corrected chi connectivity index (χ0v) is 22.3. The molecule has 15 nitrogen and oxygen atoms in total. The Kier molecular flexibility index (Phi) is 11.8. The summed E-state index contributed by atoms with van der Waals surface area (Å²) < 4.78 is 48.8. The van der Waals surface area contributed by atoms with Crippen LogP contribution in [0.2, 0.25) is 0 Å². The van der Waals surface area contributed by atoms with Crippen LogP contribution in [0.4, 0.5) is 0 Å². The Morgan fingerprint density at radius 3 is 1.56 bits per heavy atom. The fraction of sp³-hybridized carbons (Fsp3) is 0.667. The van der Waals surface area contributed by atoms with Crippen molar-refractivity contribution in [1.82, 2.24) is 0 Å². The van der Waals surface area contributed by atoms with Crippen LogP contribution in [-0.2, 0) is 71.4 Å². The SMILES string of the molecule is CC(=O)OC[C@H]1O[C@H](O[C@H]2C=C[C@@H](OC(C)=O)O[C@@H]2COC(C)=O)[C@H](OC(C)=O)[C@@H](OC(C)=O)[C@@H]1OC(C)=O. The van der Waals surface area contributed by atoms with Crippen LogP contribution in [0.15, 0.2) is 12.2 Å². The third-order valence-electron chi connectivity index (χ3n) is 5.11. The topological polar surface area (TPSA) is 185 Å². The van der Waals surface area contributed by atoms with Crippen molar-refractivity contribution in [3.8, 4) is 0 Å². The van der Waals surface area contributed by atoms with E-state index in [4.69, 9.17) is 42.6 Å². The first kappa shape index (κ1) is 31.7. The summed E-state index contributed by atoms with van der Waals surface area (Å²) in [6, 6.07) is 0. The summed E-state index contributed by atoms with van der Waals surface area (Å²) in [4.78, 5) is 70.1. The number of hydrogen-bond donors (Lipinski definition) is 0. The Hall–Kier alpha value is -3.56.